The van der Waals surface area contributed by atoms with Gasteiger partial charge < -0.3 is 10.6 Å². The first-order valence-electron chi connectivity index (χ1n) is 14.6. The summed E-state index contributed by atoms with van der Waals surface area (Å²) in [4.78, 5) is 25.5. The van der Waals surface area contributed by atoms with Crippen molar-refractivity contribution < 1.29 is 9.59 Å². The molecule has 1 saturated carbocycles. The molecule has 0 bridgehead atoms. The first kappa shape index (κ1) is 31.4. The fourth-order valence-electron chi connectivity index (χ4n) is 6.01. The maximum atomic E-state index is 12.8. The van der Waals surface area contributed by atoms with E-state index in [-0.39, 0.29) is 39.5 Å². The van der Waals surface area contributed by atoms with Crippen LogP contribution in [0.4, 0.5) is 0 Å². The molecule has 0 spiro atoms. The van der Waals surface area contributed by atoms with Gasteiger partial charge in [0.05, 0.1) is 0 Å². The Morgan fingerprint density at radius 2 is 1.20 bits per heavy atom. The minimum atomic E-state index is -0.107. The van der Waals surface area contributed by atoms with Gasteiger partial charge in [-0.25, -0.2) is 0 Å². The lowest BCUT2D eigenvalue weighted by Crippen LogP contribution is -2.50. The molecule has 1 aliphatic carbocycles. The molecule has 0 saturated heterocycles. The first-order chi connectivity index (χ1) is 18.4. The van der Waals surface area contributed by atoms with Crippen LogP contribution in [0.5, 0.6) is 0 Å². The molecule has 2 aromatic rings. The predicted octanol–water partition coefficient (Wildman–Crippen LogP) is 7.83. The van der Waals surface area contributed by atoms with Gasteiger partial charge in [-0.15, -0.1) is 0 Å². The standard InChI is InChI=1S/C36H50N2O2/c1-33(2,3)28-16-10-26(11-17-28)14-20-31(39)37-25-36(9)23-30(22-35(7,8)24-36)38-32(40)21-15-27-12-18-29(19-13-27)34(4,5)6/h10-21,30H,22-25H2,1-9H3,(H,37,39)(H,38,40)/b20-14+,21-15+/t30-,36-/m1/s1. The van der Waals surface area contributed by atoms with Crippen molar-refractivity contribution in [1.29, 1.82) is 0 Å². The number of carbonyl (C=O) groups excluding carboxylic acids is 2. The third-order valence-electron chi connectivity index (χ3n) is 7.89. The van der Waals surface area contributed by atoms with E-state index in [4.69, 9.17) is 0 Å². The molecule has 40 heavy (non-hydrogen) atoms. The number of hydrogen-bond donors (Lipinski definition) is 2. The zero-order valence-corrected chi connectivity index (χ0v) is 26.2. The second-order valence-electron chi connectivity index (χ2n) is 14.9. The average molecular weight is 543 g/mol. The van der Waals surface area contributed by atoms with E-state index in [1.54, 1.807) is 12.2 Å². The molecule has 1 aliphatic rings. The molecule has 2 aromatic carbocycles. The fraction of sp³-hybridized carbons (Fsp3) is 0.500. The van der Waals surface area contributed by atoms with Gasteiger partial charge in [-0.2, -0.15) is 0 Å². The van der Waals surface area contributed by atoms with Crippen molar-refractivity contribution in [2.24, 2.45) is 10.8 Å². The minimum absolute atomic E-state index is 0.0583. The highest BCUT2D eigenvalue weighted by Crippen LogP contribution is 2.45. The van der Waals surface area contributed by atoms with Crippen molar-refractivity contribution in [2.45, 2.75) is 98.4 Å². The molecule has 0 aromatic heterocycles. The van der Waals surface area contributed by atoms with Crippen LogP contribution >= 0.6 is 0 Å². The summed E-state index contributed by atoms with van der Waals surface area (Å²) in [6.07, 6.45) is 9.71. The van der Waals surface area contributed by atoms with Crippen LogP contribution in [-0.4, -0.2) is 24.4 Å². The molecular weight excluding hydrogens is 492 g/mol. The second kappa shape index (κ2) is 12.2. The van der Waals surface area contributed by atoms with Gasteiger partial charge in [-0.05, 0) is 75.3 Å². The monoisotopic (exact) mass is 542 g/mol. The zero-order chi connectivity index (χ0) is 29.8. The topological polar surface area (TPSA) is 58.2 Å². The number of nitrogens with one attached hydrogen (secondary N) is 2. The Hall–Kier alpha value is -3.14. The third kappa shape index (κ3) is 9.50. The molecule has 2 amide bonds. The molecule has 1 fully saturated rings. The summed E-state index contributed by atoms with van der Waals surface area (Å²) in [5, 5.41) is 6.35. The number of benzene rings is 2. The van der Waals surface area contributed by atoms with Gasteiger partial charge in [0, 0.05) is 24.7 Å². The molecule has 0 aliphatic heterocycles. The highest BCUT2D eigenvalue weighted by Gasteiger charge is 2.41. The van der Waals surface area contributed by atoms with Gasteiger partial charge in [-0.1, -0.05) is 111 Å². The molecule has 0 unspecified atom stereocenters. The van der Waals surface area contributed by atoms with Crippen molar-refractivity contribution in [1.82, 2.24) is 10.6 Å². The van der Waals surface area contributed by atoms with Crippen molar-refractivity contribution in [3.8, 4) is 0 Å². The molecule has 4 heteroatoms. The van der Waals surface area contributed by atoms with E-state index >= 15 is 0 Å². The summed E-state index contributed by atoms with van der Waals surface area (Å²) >= 11 is 0. The van der Waals surface area contributed by atoms with E-state index in [1.807, 2.05) is 12.2 Å². The maximum absolute atomic E-state index is 12.8. The van der Waals surface area contributed by atoms with Crippen molar-refractivity contribution >= 4 is 24.0 Å². The summed E-state index contributed by atoms with van der Waals surface area (Å²) < 4.78 is 0. The van der Waals surface area contributed by atoms with Crippen LogP contribution in [0.25, 0.3) is 12.2 Å². The van der Waals surface area contributed by atoms with Crippen molar-refractivity contribution in [3.63, 3.8) is 0 Å². The van der Waals surface area contributed by atoms with E-state index < -0.39 is 0 Å². The van der Waals surface area contributed by atoms with Crippen LogP contribution in [-0.2, 0) is 20.4 Å². The Bertz CT molecular complexity index is 1220. The minimum Gasteiger partial charge on any atom is -0.352 e. The summed E-state index contributed by atoms with van der Waals surface area (Å²) in [5.41, 5.74) is 4.73. The Balaban J connectivity index is 1.55. The Morgan fingerprint density at radius 1 is 0.750 bits per heavy atom. The quantitative estimate of drug-likeness (QED) is 0.350. The van der Waals surface area contributed by atoms with Gasteiger partial charge in [0.25, 0.3) is 0 Å². The number of amides is 2. The molecule has 0 radical (unpaired) electrons. The Morgan fingerprint density at radius 3 is 1.65 bits per heavy atom. The number of carbonyl (C=O) groups is 2. The summed E-state index contributed by atoms with van der Waals surface area (Å²) in [7, 11) is 0. The van der Waals surface area contributed by atoms with Gasteiger partial charge in [0.2, 0.25) is 11.8 Å². The first-order valence-corrected chi connectivity index (χ1v) is 14.6. The fourth-order valence-corrected chi connectivity index (χ4v) is 6.01. The highest BCUT2D eigenvalue weighted by atomic mass is 16.2. The summed E-state index contributed by atoms with van der Waals surface area (Å²) in [6, 6.07) is 16.8. The zero-order valence-electron chi connectivity index (χ0n) is 26.2. The Labute approximate surface area is 242 Å². The van der Waals surface area contributed by atoms with Gasteiger partial charge in [-0.3, -0.25) is 9.59 Å². The molecule has 3 rings (SSSR count). The van der Waals surface area contributed by atoms with E-state index in [1.165, 1.54) is 11.1 Å². The lowest BCUT2D eigenvalue weighted by molar-refractivity contribution is -0.119. The van der Waals surface area contributed by atoms with Gasteiger partial charge >= 0.3 is 0 Å². The van der Waals surface area contributed by atoms with Crippen LogP contribution in [0, 0.1) is 10.8 Å². The number of rotatable bonds is 7. The highest BCUT2D eigenvalue weighted by molar-refractivity contribution is 5.92. The molecular formula is C36H50N2O2. The van der Waals surface area contributed by atoms with E-state index in [0.717, 1.165) is 30.4 Å². The molecule has 2 atom stereocenters. The lowest BCUT2D eigenvalue weighted by Gasteiger charge is -2.46. The van der Waals surface area contributed by atoms with Crippen LogP contribution in [0.1, 0.15) is 104 Å². The van der Waals surface area contributed by atoms with Crippen LogP contribution in [0.2, 0.25) is 0 Å². The second-order valence-corrected chi connectivity index (χ2v) is 14.9. The lowest BCUT2D eigenvalue weighted by atomic mass is 9.62. The van der Waals surface area contributed by atoms with E-state index in [9.17, 15) is 9.59 Å². The molecule has 4 nitrogen and oxygen atoms in total. The van der Waals surface area contributed by atoms with Gasteiger partial charge in [0.1, 0.15) is 0 Å². The number of hydrogen-bond acceptors (Lipinski definition) is 2. The maximum Gasteiger partial charge on any atom is 0.244 e. The van der Waals surface area contributed by atoms with Crippen LogP contribution in [0.3, 0.4) is 0 Å². The van der Waals surface area contributed by atoms with E-state index in [0.29, 0.717) is 6.54 Å². The smallest absolute Gasteiger partial charge is 0.244 e. The normalized spacial score (nSPS) is 21.5. The molecule has 0 heterocycles. The average Bonchev–Trinajstić information content (AvgIpc) is 2.83. The third-order valence-corrected chi connectivity index (χ3v) is 7.89. The van der Waals surface area contributed by atoms with E-state index in [2.05, 4.69) is 121 Å². The molecule has 2 N–H and O–H groups in total. The SMILES string of the molecule is CC1(C)C[C@@H](NC(=O)/C=C/c2ccc(C(C)(C)C)cc2)C[C@@](C)(CNC(=O)/C=C/c2ccc(C(C)(C)C)cc2)C1. The predicted molar refractivity (Wildman–Crippen MR) is 169 cm³/mol. The van der Waals surface area contributed by atoms with Crippen LogP contribution < -0.4 is 10.6 Å². The van der Waals surface area contributed by atoms with Crippen molar-refractivity contribution in [2.75, 3.05) is 6.54 Å². The van der Waals surface area contributed by atoms with Gasteiger partial charge in [0.15, 0.2) is 0 Å². The van der Waals surface area contributed by atoms with Crippen LogP contribution in [0.15, 0.2) is 60.7 Å². The largest absolute Gasteiger partial charge is 0.352 e. The molecule has 216 valence electrons. The summed E-state index contributed by atoms with van der Waals surface area (Å²) in [6.45, 7) is 20.4. The van der Waals surface area contributed by atoms with Crippen molar-refractivity contribution in [3.05, 3.63) is 82.9 Å². The Kier molecular flexibility index (Phi) is 9.54. The summed E-state index contributed by atoms with van der Waals surface area (Å²) in [5.74, 6) is -0.167.